The first-order valence-electron chi connectivity index (χ1n) is 14.8. The minimum atomic E-state index is -0.619. The molecule has 1 atom stereocenters. The summed E-state index contributed by atoms with van der Waals surface area (Å²) in [4.78, 5) is 29.7. The van der Waals surface area contributed by atoms with Crippen molar-refractivity contribution in [3.63, 3.8) is 0 Å². The lowest BCUT2D eigenvalue weighted by Gasteiger charge is -2.42. The molecule has 2 aromatic carbocycles. The van der Waals surface area contributed by atoms with Crippen molar-refractivity contribution >= 4 is 28.9 Å². The summed E-state index contributed by atoms with van der Waals surface area (Å²) in [5.41, 5.74) is 9.46. The first-order valence-corrected chi connectivity index (χ1v) is 14.8. The summed E-state index contributed by atoms with van der Waals surface area (Å²) in [7, 11) is 2.21. The summed E-state index contributed by atoms with van der Waals surface area (Å²) in [6.45, 7) is 8.62. The number of hydrogen-bond acceptors (Lipinski definition) is 9. The molecule has 3 fully saturated rings. The zero-order valence-electron chi connectivity index (χ0n) is 23.9. The molecule has 6 rings (SSSR count). The van der Waals surface area contributed by atoms with Crippen molar-refractivity contribution in [2.24, 2.45) is 5.73 Å². The van der Waals surface area contributed by atoms with Gasteiger partial charge in [-0.3, -0.25) is 9.69 Å². The van der Waals surface area contributed by atoms with Crippen LogP contribution >= 0.6 is 0 Å². The minimum absolute atomic E-state index is 0.119. The van der Waals surface area contributed by atoms with Crippen LogP contribution in [0.3, 0.4) is 0 Å². The number of anilines is 4. The van der Waals surface area contributed by atoms with Crippen LogP contribution in [-0.2, 0) is 0 Å². The fourth-order valence-electron chi connectivity index (χ4n) is 6.13. The van der Waals surface area contributed by atoms with Gasteiger partial charge in [0.15, 0.2) is 17.3 Å². The smallest absolute Gasteiger partial charge is 0.271 e. The average Bonchev–Trinajstić information content (AvgIpc) is 3.52. The number of piperidine rings is 1. The Morgan fingerprint density at radius 1 is 0.902 bits per heavy atom. The quantitative estimate of drug-likeness (QED) is 0.333. The van der Waals surface area contributed by atoms with Crippen LogP contribution in [0.25, 0.3) is 11.3 Å². The molecule has 41 heavy (non-hydrogen) atoms. The maximum absolute atomic E-state index is 12.5. The Labute approximate surface area is 242 Å². The van der Waals surface area contributed by atoms with Gasteiger partial charge in [0.2, 0.25) is 0 Å². The number of primary amides is 1. The number of rotatable bonds is 8. The van der Waals surface area contributed by atoms with Gasteiger partial charge in [-0.2, -0.15) is 0 Å². The highest BCUT2D eigenvalue weighted by Crippen LogP contribution is 2.31. The van der Waals surface area contributed by atoms with E-state index < -0.39 is 5.91 Å². The summed E-state index contributed by atoms with van der Waals surface area (Å²) < 4.78 is 0. The van der Waals surface area contributed by atoms with Gasteiger partial charge in [-0.1, -0.05) is 30.3 Å². The van der Waals surface area contributed by atoms with Crippen molar-refractivity contribution in [2.45, 2.75) is 31.3 Å². The van der Waals surface area contributed by atoms with Crippen molar-refractivity contribution in [1.29, 1.82) is 0 Å². The SMILES string of the molecule is CN1CCN(C2CCN(c3ccc(Nc4nc(N[C@@H]5CCNC5)c(-c5ccccc5)nc4C(N)=O)cc3)CC2)CC1. The Bertz CT molecular complexity index is 1310. The molecule has 5 N–H and O–H groups in total. The van der Waals surface area contributed by atoms with E-state index in [0.29, 0.717) is 23.4 Å². The number of nitrogens with zero attached hydrogens (tertiary/aromatic N) is 5. The number of nitrogens with two attached hydrogens (primary N) is 1. The van der Waals surface area contributed by atoms with Crippen LogP contribution in [0, 0.1) is 0 Å². The van der Waals surface area contributed by atoms with Gasteiger partial charge in [-0.15, -0.1) is 0 Å². The molecule has 4 heterocycles. The van der Waals surface area contributed by atoms with Crippen molar-refractivity contribution in [3.05, 3.63) is 60.3 Å². The van der Waals surface area contributed by atoms with Crippen LogP contribution in [0.1, 0.15) is 29.8 Å². The maximum Gasteiger partial charge on any atom is 0.271 e. The summed E-state index contributed by atoms with van der Waals surface area (Å²) in [6, 6.07) is 19.0. The van der Waals surface area contributed by atoms with Crippen molar-refractivity contribution in [3.8, 4) is 11.3 Å². The van der Waals surface area contributed by atoms with Crippen LogP contribution in [0.5, 0.6) is 0 Å². The number of amides is 1. The maximum atomic E-state index is 12.5. The van der Waals surface area contributed by atoms with Gasteiger partial charge in [-0.25, -0.2) is 9.97 Å². The number of carbonyl (C=O) groups excluding carboxylic acids is 1. The summed E-state index contributed by atoms with van der Waals surface area (Å²) >= 11 is 0. The number of benzene rings is 2. The van der Waals surface area contributed by atoms with E-state index >= 15 is 0 Å². The van der Waals surface area contributed by atoms with Crippen molar-refractivity contribution < 1.29 is 4.79 Å². The predicted molar refractivity (Wildman–Crippen MR) is 165 cm³/mol. The molecule has 0 bridgehead atoms. The lowest BCUT2D eigenvalue weighted by atomic mass is 10.0. The van der Waals surface area contributed by atoms with Gasteiger partial charge in [0, 0.05) is 74.8 Å². The molecule has 10 nitrogen and oxygen atoms in total. The van der Waals surface area contributed by atoms with E-state index in [0.717, 1.165) is 43.9 Å². The highest BCUT2D eigenvalue weighted by Gasteiger charge is 2.27. The van der Waals surface area contributed by atoms with E-state index in [1.54, 1.807) is 0 Å². The van der Waals surface area contributed by atoms with Crippen LogP contribution < -0.4 is 26.6 Å². The summed E-state index contributed by atoms with van der Waals surface area (Å²) in [5.74, 6) is 0.370. The van der Waals surface area contributed by atoms with E-state index in [1.807, 2.05) is 42.5 Å². The molecular weight excluding hydrogens is 514 g/mol. The Balaban J connectivity index is 1.18. The molecule has 3 aliphatic rings. The van der Waals surface area contributed by atoms with Gasteiger partial charge in [-0.05, 0) is 57.1 Å². The number of carbonyl (C=O) groups is 1. The number of hydrogen-bond donors (Lipinski definition) is 4. The third kappa shape index (κ3) is 6.45. The number of aromatic nitrogens is 2. The fraction of sp³-hybridized carbons (Fsp3) is 0.452. The van der Waals surface area contributed by atoms with Crippen molar-refractivity contribution in [1.82, 2.24) is 25.1 Å². The second-order valence-electron chi connectivity index (χ2n) is 11.4. The third-order valence-corrected chi connectivity index (χ3v) is 8.59. The number of piperazine rings is 1. The normalized spacial score (nSPS) is 20.7. The highest BCUT2D eigenvalue weighted by molar-refractivity contribution is 5.97. The Morgan fingerprint density at radius 3 is 2.29 bits per heavy atom. The van der Waals surface area contributed by atoms with Crippen LogP contribution in [0.15, 0.2) is 54.6 Å². The minimum Gasteiger partial charge on any atom is -0.371 e. The highest BCUT2D eigenvalue weighted by atomic mass is 16.1. The van der Waals surface area contributed by atoms with Gasteiger partial charge >= 0.3 is 0 Å². The van der Waals surface area contributed by atoms with Crippen molar-refractivity contribution in [2.75, 3.05) is 74.9 Å². The summed E-state index contributed by atoms with van der Waals surface area (Å²) in [6.07, 6.45) is 3.38. The number of likely N-dealkylation sites (N-methyl/N-ethyl adjacent to an activating group) is 1. The second kappa shape index (κ2) is 12.4. The van der Waals surface area contributed by atoms with Crippen LogP contribution in [-0.4, -0.2) is 97.2 Å². The molecule has 10 heteroatoms. The molecule has 1 amide bonds. The van der Waals surface area contributed by atoms with Crippen LogP contribution in [0.4, 0.5) is 23.0 Å². The molecule has 0 unspecified atom stereocenters. The Kier molecular flexibility index (Phi) is 8.31. The second-order valence-corrected chi connectivity index (χ2v) is 11.4. The lowest BCUT2D eigenvalue weighted by Crippen LogP contribution is -2.52. The van der Waals surface area contributed by atoms with Gasteiger partial charge in [0.05, 0.1) is 0 Å². The van der Waals surface area contributed by atoms with Gasteiger partial charge < -0.3 is 31.5 Å². The average molecular weight is 556 g/mol. The van der Waals surface area contributed by atoms with Gasteiger partial charge in [0.25, 0.3) is 5.91 Å². The molecule has 0 radical (unpaired) electrons. The third-order valence-electron chi connectivity index (χ3n) is 8.59. The molecule has 0 aliphatic carbocycles. The van der Waals surface area contributed by atoms with Crippen LogP contribution in [0.2, 0.25) is 0 Å². The summed E-state index contributed by atoms with van der Waals surface area (Å²) in [5, 5.41) is 10.2. The van der Waals surface area contributed by atoms with Gasteiger partial charge in [0.1, 0.15) is 5.69 Å². The molecular formula is C31H41N9O. The van der Waals surface area contributed by atoms with E-state index in [2.05, 4.69) is 49.8 Å². The molecule has 0 saturated carbocycles. The standard InChI is InChI=1S/C31H41N9O/c1-38-17-19-40(20-18-38)26-12-15-39(16-13-26)25-9-7-23(8-10-25)34-31-28(29(32)41)36-27(22-5-3-2-4-6-22)30(37-31)35-24-11-14-33-21-24/h2-10,24,26,33H,11-21H2,1H3,(H2,32,41)(H2,34,35,37)/t24-/m1/s1. The topological polar surface area (TPSA) is 115 Å². The molecule has 3 aliphatic heterocycles. The Hall–Kier alpha value is -3.73. The zero-order chi connectivity index (χ0) is 28.2. The first-order chi connectivity index (χ1) is 20.0. The molecule has 1 aromatic heterocycles. The lowest BCUT2D eigenvalue weighted by molar-refractivity contribution is 0.0982. The molecule has 216 valence electrons. The fourth-order valence-corrected chi connectivity index (χ4v) is 6.13. The Morgan fingerprint density at radius 2 is 1.63 bits per heavy atom. The van der Waals surface area contributed by atoms with E-state index in [4.69, 9.17) is 15.7 Å². The molecule has 3 saturated heterocycles. The monoisotopic (exact) mass is 555 g/mol. The van der Waals surface area contributed by atoms with E-state index in [1.165, 1.54) is 44.7 Å². The first kappa shape index (κ1) is 27.4. The molecule has 3 aromatic rings. The number of nitrogens with one attached hydrogen (secondary N) is 3. The predicted octanol–water partition coefficient (Wildman–Crippen LogP) is 2.98. The zero-order valence-corrected chi connectivity index (χ0v) is 23.9. The largest absolute Gasteiger partial charge is 0.371 e. The molecule has 0 spiro atoms. The van der Waals surface area contributed by atoms with E-state index in [-0.39, 0.29) is 11.7 Å². The van der Waals surface area contributed by atoms with E-state index in [9.17, 15) is 4.79 Å².